The first-order chi connectivity index (χ1) is 7.89. The Bertz CT molecular complexity index is 457. The summed E-state index contributed by atoms with van der Waals surface area (Å²) in [5.41, 5.74) is -0.165. The van der Waals surface area contributed by atoms with Crippen molar-refractivity contribution in [2.45, 2.75) is 18.7 Å². The molecule has 1 aromatic rings. The monoisotopic (exact) mass is 266 g/mol. The lowest BCUT2D eigenvalue weighted by Gasteiger charge is -2.13. The molecule has 0 unspecified atom stereocenters. The maximum atomic E-state index is 12.0. The highest BCUT2D eigenvalue weighted by Gasteiger charge is 2.33. The molecule has 4 nitrogen and oxygen atoms in total. The first-order valence-electron chi connectivity index (χ1n) is 4.27. The van der Waals surface area contributed by atoms with Crippen molar-refractivity contribution in [3.8, 4) is 17.7 Å². The molecule has 0 saturated carbocycles. The van der Waals surface area contributed by atoms with Crippen molar-refractivity contribution in [2.75, 3.05) is 0 Å². The standard InChI is InChI=1S/C9H6ClF3N2O2/c10-3-6-5(1-2-14)7(16)4-15-8(6)17-9(11,12)13/h4,16H,1,3H2. The molecule has 1 aromatic heterocycles. The van der Waals surface area contributed by atoms with E-state index in [9.17, 15) is 18.3 Å². The fourth-order valence-electron chi connectivity index (χ4n) is 1.17. The Morgan fingerprint density at radius 3 is 2.59 bits per heavy atom. The molecule has 92 valence electrons. The number of pyridine rings is 1. The Morgan fingerprint density at radius 2 is 2.12 bits per heavy atom. The highest BCUT2D eigenvalue weighted by Crippen LogP contribution is 2.32. The van der Waals surface area contributed by atoms with Crippen LogP contribution in [0.1, 0.15) is 11.1 Å². The molecule has 0 fully saturated rings. The maximum Gasteiger partial charge on any atom is 0.574 e. The Balaban J connectivity index is 3.24. The molecule has 0 atom stereocenters. The van der Waals surface area contributed by atoms with E-state index in [2.05, 4.69) is 9.72 Å². The lowest BCUT2D eigenvalue weighted by atomic mass is 10.1. The van der Waals surface area contributed by atoms with E-state index >= 15 is 0 Å². The number of alkyl halides is 4. The normalized spacial score (nSPS) is 11.0. The minimum Gasteiger partial charge on any atom is -0.506 e. The fraction of sp³-hybridized carbons (Fsp3) is 0.333. The van der Waals surface area contributed by atoms with E-state index in [1.165, 1.54) is 0 Å². The summed E-state index contributed by atoms with van der Waals surface area (Å²) in [6.07, 6.45) is -4.41. The molecule has 17 heavy (non-hydrogen) atoms. The van der Waals surface area contributed by atoms with Crippen LogP contribution in [0.5, 0.6) is 11.6 Å². The van der Waals surface area contributed by atoms with Gasteiger partial charge in [0.05, 0.1) is 24.6 Å². The van der Waals surface area contributed by atoms with E-state index in [-0.39, 0.29) is 23.4 Å². The van der Waals surface area contributed by atoms with Gasteiger partial charge in [0.1, 0.15) is 5.75 Å². The second-order valence-corrected chi connectivity index (χ2v) is 3.19. The van der Waals surface area contributed by atoms with Crippen LogP contribution in [0.25, 0.3) is 0 Å². The average molecular weight is 267 g/mol. The highest BCUT2D eigenvalue weighted by molar-refractivity contribution is 6.17. The number of hydrogen-bond donors (Lipinski definition) is 1. The zero-order valence-electron chi connectivity index (χ0n) is 8.25. The summed E-state index contributed by atoms with van der Waals surface area (Å²) in [4.78, 5) is 3.29. The molecule has 0 aromatic carbocycles. The van der Waals surface area contributed by atoms with E-state index in [4.69, 9.17) is 16.9 Å². The number of nitriles is 1. The SMILES string of the molecule is N#CCc1c(O)cnc(OC(F)(F)F)c1CCl. The summed E-state index contributed by atoms with van der Waals surface area (Å²) in [6.45, 7) is 0. The fourth-order valence-corrected chi connectivity index (χ4v) is 1.45. The molecular weight excluding hydrogens is 261 g/mol. The molecule has 1 heterocycles. The number of hydrogen-bond acceptors (Lipinski definition) is 4. The van der Waals surface area contributed by atoms with E-state index in [0.29, 0.717) is 0 Å². The molecule has 0 amide bonds. The zero-order chi connectivity index (χ0) is 13.1. The van der Waals surface area contributed by atoms with Gasteiger partial charge in [-0.25, -0.2) is 4.98 Å². The number of halogens is 4. The third-order valence-corrected chi connectivity index (χ3v) is 2.10. The minimum atomic E-state index is -4.91. The molecule has 1 N–H and O–H groups in total. The number of rotatable bonds is 3. The molecule has 0 saturated heterocycles. The van der Waals surface area contributed by atoms with Gasteiger partial charge in [-0.1, -0.05) is 0 Å². The summed E-state index contributed by atoms with van der Waals surface area (Å²) in [5, 5.41) is 17.9. The molecule has 0 aliphatic rings. The molecule has 0 bridgehead atoms. The van der Waals surface area contributed by atoms with Crippen molar-refractivity contribution in [1.82, 2.24) is 4.98 Å². The second kappa shape index (κ2) is 5.10. The molecule has 0 radical (unpaired) electrons. The number of aromatic hydroxyl groups is 1. The van der Waals surface area contributed by atoms with Crippen LogP contribution in [0.3, 0.4) is 0 Å². The van der Waals surface area contributed by atoms with Gasteiger partial charge in [0.15, 0.2) is 0 Å². The van der Waals surface area contributed by atoms with E-state index in [0.717, 1.165) is 6.20 Å². The molecular formula is C9H6ClF3N2O2. The summed E-state index contributed by atoms with van der Waals surface area (Å²) < 4.78 is 39.8. The Morgan fingerprint density at radius 1 is 1.47 bits per heavy atom. The van der Waals surface area contributed by atoms with Gasteiger partial charge in [0, 0.05) is 11.1 Å². The first kappa shape index (κ1) is 13.4. The predicted molar refractivity (Wildman–Crippen MR) is 51.5 cm³/mol. The average Bonchev–Trinajstić information content (AvgIpc) is 2.21. The van der Waals surface area contributed by atoms with E-state index in [1.807, 2.05) is 0 Å². The van der Waals surface area contributed by atoms with Gasteiger partial charge in [0.2, 0.25) is 5.88 Å². The molecule has 0 spiro atoms. The van der Waals surface area contributed by atoms with Crippen molar-refractivity contribution < 1.29 is 23.0 Å². The summed E-state index contributed by atoms with van der Waals surface area (Å²) >= 11 is 5.47. The third kappa shape index (κ3) is 3.39. The highest BCUT2D eigenvalue weighted by atomic mass is 35.5. The van der Waals surface area contributed by atoms with Crippen molar-refractivity contribution >= 4 is 11.6 Å². The van der Waals surface area contributed by atoms with Crippen LogP contribution in [-0.4, -0.2) is 16.5 Å². The van der Waals surface area contributed by atoms with Crippen molar-refractivity contribution in [2.24, 2.45) is 0 Å². The quantitative estimate of drug-likeness (QED) is 0.854. The Labute approximate surface area is 99.2 Å². The number of ether oxygens (including phenoxy) is 1. The van der Waals surface area contributed by atoms with Gasteiger partial charge in [-0.3, -0.25) is 0 Å². The zero-order valence-corrected chi connectivity index (χ0v) is 9.01. The number of nitrogens with zero attached hydrogens (tertiary/aromatic N) is 2. The van der Waals surface area contributed by atoms with Gasteiger partial charge >= 0.3 is 6.36 Å². The van der Waals surface area contributed by atoms with Crippen LogP contribution < -0.4 is 4.74 Å². The van der Waals surface area contributed by atoms with Crippen molar-refractivity contribution in [3.05, 3.63) is 17.3 Å². The van der Waals surface area contributed by atoms with Crippen LogP contribution in [0.2, 0.25) is 0 Å². The van der Waals surface area contributed by atoms with Crippen LogP contribution in [0.4, 0.5) is 13.2 Å². The lowest BCUT2D eigenvalue weighted by molar-refractivity contribution is -0.276. The van der Waals surface area contributed by atoms with Crippen molar-refractivity contribution in [1.29, 1.82) is 5.26 Å². The molecule has 1 rings (SSSR count). The number of aromatic nitrogens is 1. The largest absolute Gasteiger partial charge is 0.574 e. The minimum absolute atomic E-state index is 0.0169. The molecule has 8 heteroatoms. The van der Waals surface area contributed by atoms with Gasteiger partial charge in [-0.2, -0.15) is 5.26 Å². The molecule has 0 aliphatic carbocycles. The third-order valence-electron chi connectivity index (χ3n) is 1.84. The van der Waals surface area contributed by atoms with Crippen LogP contribution >= 0.6 is 11.6 Å². The lowest BCUT2D eigenvalue weighted by Crippen LogP contribution is -2.19. The summed E-state index contributed by atoms with van der Waals surface area (Å²) in [5.74, 6) is -1.50. The van der Waals surface area contributed by atoms with Crippen molar-refractivity contribution in [3.63, 3.8) is 0 Å². The van der Waals surface area contributed by atoms with Crippen LogP contribution in [0, 0.1) is 11.3 Å². The van der Waals surface area contributed by atoms with Gasteiger partial charge < -0.3 is 9.84 Å². The summed E-state index contributed by atoms with van der Waals surface area (Å²) in [6, 6.07) is 1.71. The van der Waals surface area contributed by atoms with Crippen LogP contribution in [-0.2, 0) is 12.3 Å². The first-order valence-corrected chi connectivity index (χ1v) is 4.81. The topological polar surface area (TPSA) is 66.1 Å². The van der Waals surface area contributed by atoms with E-state index < -0.39 is 18.0 Å². The Hall–Kier alpha value is -1.68. The van der Waals surface area contributed by atoms with Gasteiger partial charge in [0.25, 0.3) is 0 Å². The Kier molecular flexibility index (Phi) is 4.02. The predicted octanol–water partition coefficient (Wildman–Crippen LogP) is 2.49. The smallest absolute Gasteiger partial charge is 0.506 e. The summed E-state index contributed by atoms with van der Waals surface area (Å²) in [7, 11) is 0. The second-order valence-electron chi connectivity index (χ2n) is 2.92. The molecule has 0 aliphatic heterocycles. The van der Waals surface area contributed by atoms with Gasteiger partial charge in [-0.15, -0.1) is 24.8 Å². The maximum absolute atomic E-state index is 12.0. The van der Waals surface area contributed by atoms with Crippen LogP contribution in [0.15, 0.2) is 6.20 Å². The van der Waals surface area contributed by atoms with Gasteiger partial charge in [-0.05, 0) is 0 Å². The van der Waals surface area contributed by atoms with E-state index in [1.54, 1.807) is 6.07 Å².